The average molecular weight is 354 g/mol. The predicted molar refractivity (Wildman–Crippen MR) is 96.9 cm³/mol. The fourth-order valence-electron chi connectivity index (χ4n) is 3.62. The zero-order chi connectivity index (χ0) is 17.4. The van der Waals surface area contributed by atoms with Crippen molar-refractivity contribution in [3.8, 4) is 5.75 Å². The molecule has 2 aliphatic rings. The van der Waals surface area contributed by atoms with Crippen LogP contribution in [-0.2, 0) is 15.3 Å². The highest BCUT2D eigenvalue weighted by atomic mass is 32.1. The first-order valence-corrected chi connectivity index (χ1v) is 8.65. The Morgan fingerprint density at radius 2 is 1.92 bits per heavy atom. The molecule has 0 saturated carbocycles. The molecule has 0 aliphatic carbocycles. The summed E-state index contributed by atoms with van der Waals surface area (Å²) in [5.41, 5.74) is 0.627. The molecule has 6 heteroatoms. The molecule has 1 fully saturated rings. The Labute approximate surface area is 151 Å². The van der Waals surface area contributed by atoms with Crippen molar-refractivity contribution in [3.63, 3.8) is 0 Å². The number of hydrogen-bond acceptors (Lipinski definition) is 4. The molecular formula is C19H18N2O3S. The topological polar surface area (TPSA) is 59.6 Å². The summed E-state index contributed by atoms with van der Waals surface area (Å²) in [6, 6.07) is 17.0. The summed E-state index contributed by atoms with van der Waals surface area (Å²) in [4.78, 5) is 12.9. The lowest BCUT2D eigenvalue weighted by Gasteiger charge is -2.51. The minimum atomic E-state index is -1.10. The Morgan fingerprint density at radius 1 is 1.20 bits per heavy atom. The Hall–Kier alpha value is -2.60. The van der Waals surface area contributed by atoms with E-state index in [9.17, 15) is 4.79 Å². The molecule has 2 aromatic carbocycles. The number of fused-ring (bicyclic) bond motifs is 4. The number of rotatable bonds is 3. The summed E-state index contributed by atoms with van der Waals surface area (Å²) in [6.45, 7) is 2.10. The molecule has 2 aliphatic heterocycles. The number of esters is 1. The number of para-hydroxylation sites is 1. The number of ether oxygens (including phenoxy) is 2. The molecule has 25 heavy (non-hydrogen) atoms. The first kappa shape index (κ1) is 15.9. The van der Waals surface area contributed by atoms with E-state index in [1.54, 1.807) is 6.92 Å². The lowest BCUT2D eigenvalue weighted by Crippen LogP contribution is -2.69. The van der Waals surface area contributed by atoms with Gasteiger partial charge in [-0.15, -0.1) is 0 Å². The van der Waals surface area contributed by atoms with Crippen LogP contribution in [0.25, 0.3) is 0 Å². The van der Waals surface area contributed by atoms with Gasteiger partial charge in [-0.1, -0.05) is 48.5 Å². The molecule has 2 bridgehead atoms. The summed E-state index contributed by atoms with van der Waals surface area (Å²) in [5.74, 6) is -0.218. The van der Waals surface area contributed by atoms with Crippen LogP contribution in [0.2, 0.25) is 0 Å². The largest absolute Gasteiger partial charge is 0.466 e. The maximum Gasteiger partial charge on any atom is 0.317 e. The molecule has 1 saturated heterocycles. The molecule has 0 aromatic heterocycles. The zero-order valence-corrected chi connectivity index (χ0v) is 14.5. The fourth-order valence-corrected chi connectivity index (χ4v) is 3.90. The minimum Gasteiger partial charge on any atom is -0.466 e. The van der Waals surface area contributed by atoms with Crippen LogP contribution in [0, 0.1) is 5.92 Å². The third kappa shape index (κ3) is 2.44. The number of nitrogens with one attached hydrogen (secondary N) is 2. The number of thiocarbonyl (C=S) groups is 1. The molecule has 128 valence electrons. The third-order valence-electron chi connectivity index (χ3n) is 4.63. The van der Waals surface area contributed by atoms with Crippen LogP contribution in [0.15, 0.2) is 54.6 Å². The van der Waals surface area contributed by atoms with E-state index in [-0.39, 0.29) is 12.0 Å². The van der Waals surface area contributed by atoms with E-state index in [1.807, 2.05) is 54.6 Å². The van der Waals surface area contributed by atoms with Crippen LogP contribution in [-0.4, -0.2) is 17.7 Å². The van der Waals surface area contributed by atoms with Gasteiger partial charge < -0.3 is 20.1 Å². The van der Waals surface area contributed by atoms with Gasteiger partial charge in [-0.05, 0) is 25.2 Å². The van der Waals surface area contributed by atoms with Crippen molar-refractivity contribution in [2.75, 3.05) is 6.61 Å². The third-order valence-corrected chi connectivity index (χ3v) is 4.85. The van der Waals surface area contributed by atoms with Crippen molar-refractivity contribution in [2.45, 2.75) is 18.7 Å². The Morgan fingerprint density at radius 3 is 2.68 bits per heavy atom. The minimum absolute atomic E-state index is 0.305. The Kier molecular flexibility index (Phi) is 3.84. The van der Waals surface area contributed by atoms with Crippen molar-refractivity contribution < 1.29 is 14.3 Å². The van der Waals surface area contributed by atoms with Crippen molar-refractivity contribution in [1.82, 2.24) is 10.6 Å². The highest BCUT2D eigenvalue weighted by Crippen LogP contribution is 2.49. The molecular weight excluding hydrogens is 336 g/mol. The van der Waals surface area contributed by atoms with Crippen molar-refractivity contribution in [3.05, 3.63) is 65.7 Å². The van der Waals surface area contributed by atoms with Gasteiger partial charge in [0.25, 0.3) is 0 Å². The predicted octanol–water partition coefficient (Wildman–Crippen LogP) is 2.63. The van der Waals surface area contributed by atoms with Crippen LogP contribution in [0.3, 0.4) is 0 Å². The monoisotopic (exact) mass is 354 g/mol. The lowest BCUT2D eigenvalue weighted by molar-refractivity contribution is -0.165. The number of carbonyl (C=O) groups excluding carboxylic acids is 1. The second kappa shape index (κ2) is 6.04. The molecule has 3 atom stereocenters. The van der Waals surface area contributed by atoms with Crippen molar-refractivity contribution in [1.29, 1.82) is 0 Å². The molecule has 0 radical (unpaired) electrons. The van der Waals surface area contributed by atoms with Gasteiger partial charge in [-0.25, -0.2) is 0 Å². The molecule has 0 unspecified atom stereocenters. The summed E-state index contributed by atoms with van der Waals surface area (Å²) in [5, 5.41) is 6.88. The van der Waals surface area contributed by atoms with Crippen LogP contribution < -0.4 is 15.4 Å². The maximum absolute atomic E-state index is 12.9. The summed E-state index contributed by atoms with van der Waals surface area (Å²) >= 11 is 5.41. The Balaban J connectivity index is 1.94. The van der Waals surface area contributed by atoms with E-state index in [4.69, 9.17) is 21.7 Å². The van der Waals surface area contributed by atoms with E-state index in [0.29, 0.717) is 11.7 Å². The van der Waals surface area contributed by atoms with Gasteiger partial charge in [0.1, 0.15) is 11.7 Å². The number of benzene rings is 2. The highest BCUT2D eigenvalue weighted by Gasteiger charge is 2.59. The average Bonchev–Trinajstić information content (AvgIpc) is 2.62. The summed E-state index contributed by atoms with van der Waals surface area (Å²) in [6.07, 6.45) is 0. The second-order valence-electron chi connectivity index (χ2n) is 6.05. The van der Waals surface area contributed by atoms with Crippen molar-refractivity contribution in [2.24, 2.45) is 5.92 Å². The first-order chi connectivity index (χ1) is 12.2. The summed E-state index contributed by atoms with van der Waals surface area (Å²) < 4.78 is 11.8. The maximum atomic E-state index is 12.9. The molecule has 0 amide bonds. The first-order valence-electron chi connectivity index (χ1n) is 8.24. The SMILES string of the molecule is CCOC(=O)[C@@H]1[C@@H]2NC(=S)N[C@@]1(c1ccccc1)Oc1ccccc12. The summed E-state index contributed by atoms with van der Waals surface area (Å²) in [7, 11) is 0. The van der Waals surface area contributed by atoms with Crippen LogP contribution in [0.4, 0.5) is 0 Å². The Bertz CT molecular complexity index is 826. The second-order valence-corrected chi connectivity index (χ2v) is 6.46. The number of hydrogen-bond donors (Lipinski definition) is 2. The van der Waals surface area contributed by atoms with Crippen LogP contribution in [0.5, 0.6) is 5.75 Å². The van der Waals surface area contributed by atoms with Gasteiger partial charge in [0.2, 0.25) is 5.72 Å². The van der Waals surface area contributed by atoms with Gasteiger partial charge >= 0.3 is 5.97 Å². The van der Waals surface area contributed by atoms with E-state index < -0.39 is 11.6 Å². The van der Waals surface area contributed by atoms with Gasteiger partial charge in [-0.2, -0.15) is 0 Å². The van der Waals surface area contributed by atoms with Gasteiger partial charge in [0, 0.05) is 11.1 Å². The molecule has 2 N–H and O–H groups in total. The van der Waals surface area contributed by atoms with Gasteiger partial charge in [0.15, 0.2) is 5.11 Å². The quantitative estimate of drug-likeness (QED) is 0.653. The van der Waals surface area contributed by atoms with Crippen LogP contribution in [0.1, 0.15) is 24.1 Å². The van der Waals surface area contributed by atoms with Crippen LogP contribution >= 0.6 is 12.2 Å². The van der Waals surface area contributed by atoms with E-state index in [2.05, 4.69) is 10.6 Å². The standard InChI is InChI=1S/C19H18N2O3S/c1-2-23-17(22)15-16-13-10-6-7-11-14(13)24-19(15,21-18(25)20-16)12-8-4-3-5-9-12/h3-11,15-16H,2H2,1H3,(H2,20,21,25)/t15-,16+,19-/m0/s1. The molecule has 0 spiro atoms. The van der Waals surface area contributed by atoms with E-state index in [0.717, 1.165) is 16.9 Å². The van der Waals surface area contributed by atoms with E-state index in [1.165, 1.54) is 0 Å². The fraction of sp³-hybridized carbons (Fsp3) is 0.263. The molecule has 5 nitrogen and oxygen atoms in total. The lowest BCUT2D eigenvalue weighted by atomic mass is 9.76. The smallest absolute Gasteiger partial charge is 0.317 e. The normalized spacial score (nSPS) is 26.5. The van der Waals surface area contributed by atoms with E-state index >= 15 is 0 Å². The van der Waals surface area contributed by atoms with Gasteiger partial charge in [-0.3, -0.25) is 4.79 Å². The van der Waals surface area contributed by atoms with Gasteiger partial charge in [0.05, 0.1) is 12.6 Å². The zero-order valence-electron chi connectivity index (χ0n) is 13.7. The molecule has 2 aromatic rings. The van der Waals surface area contributed by atoms with Crippen molar-refractivity contribution >= 4 is 23.3 Å². The number of carbonyl (C=O) groups is 1. The molecule has 4 rings (SSSR count). The molecule has 2 heterocycles. The highest BCUT2D eigenvalue weighted by molar-refractivity contribution is 7.80.